The molecule has 1 saturated heterocycles. The summed E-state index contributed by atoms with van der Waals surface area (Å²) in [5, 5.41) is 0. The minimum atomic E-state index is 0.625. The maximum absolute atomic E-state index is 2.41. The van der Waals surface area contributed by atoms with Gasteiger partial charge in [-0.3, -0.25) is 0 Å². The molecule has 1 heteroatoms. The molecule has 0 amide bonds. The SMILES string of the molecule is CC1(C)CCC[I-]C1. The van der Waals surface area contributed by atoms with Crippen LogP contribution in [-0.4, -0.2) is 8.86 Å². The van der Waals surface area contributed by atoms with E-state index < -0.39 is 0 Å². The molecule has 0 aromatic heterocycles. The molecule has 0 nitrogen and oxygen atoms in total. The standard InChI is InChI=1S/C7H14I/c1-7(2)4-3-5-8-6-7/h3-6H2,1-2H3/q-1. The van der Waals surface area contributed by atoms with E-state index >= 15 is 0 Å². The zero-order valence-electron chi connectivity index (χ0n) is 5.71. The molecule has 0 N–H and O–H groups in total. The molecule has 0 radical (unpaired) electrons. The zero-order chi connectivity index (χ0) is 6.04. The second-order valence-electron chi connectivity index (χ2n) is 3.28. The molecule has 1 heterocycles. The third-order valence-electron chi connectivity index (χ3n) is 1.58. The van der Waals surface area contributed by atoms with Crippen LogP contribution in [-0.2, 0) is 0 Å². The van der Waals surface area contributed by atoms with E-state index in [9.17, 15) is 0 Å². The van der Waals surface area contributed by atoms with Crippen LogP contribution in [0.5, 0.6) is 0 Å². The van der Waals surface area contributed by atoms with Gasteiger partial charge in [-0.15, -0.1) is 0 Å². The van der Waals surface area contributed by atoms with Crippen LogP contribution in [0.1, 0.15) is 26.7 Å². The molecular weight excluding hydrogens is 211 g/mol. The van der Waals surface area contributed by atoms with Crippen molar-refractivity contribution in [1.82, 2.24) is 0 Å². The van der Waals surface area contributed by atoms with Crippen molar-refractivity contribution >= 4 is 0 Å². The Bertz CT molecular complexity index is 68.5. The third kappa shape index (κ3) is 1.92. The summed E-state index contributed by atoms with van der Waals surface area (Å²) in [6, 6.07) is 0. The number of rotatable bonds is 0. The number of halogens is 1. The van der Waals surface area contributed by atoms with E-state index in [2.05, 4.69) is 13.8 Å². The molecule has 0 saturated carbocycles. The van der Waals surface area contributed by atoms with Gasteiger partial charge in [-0.05, 0) is 0 Å². The Hall–Kier alpha value is 0.730. The number of hydrogen-bond acceptors (Lipinski definition) is 0. The van der Waals surface area contributed by atoms with Gasteiger partial charge in [-0.1, -0.05) is 0 Å². The zero-order valence-corrected chi connectivity index (χ0v) is 7.86. The Labute approximate surface area is 62.3 Å². The Kier molecular flexibility index (Phi) is 2.18. The molecule has 0 aromatic rings. The van der Waals surface area contributed by atoms with Crippen LogP contribution in [0.3, 0.4) is 0 Å². The summed E-state index contributed by atoms with van der Waals surface area (Å²) < 4.78 is 3.15. The van der Waals surface area contributed by atoms with Gasteiger partial charge in [0.2, 0.25) is 0 Å². The van der Waals surface area contributed by atoms with Crippen LogP contribution in [0, 0.1) is 5.41 Å². The van der Waals surface area contributed by atoms with Crippen LogP contribution >= 0.6 is 0 Å². The van der Waals surface area contributed by atoms with Gasteiger partial charge in [-0.2, -0.15) is 0 Å². The Morgan fingerprint density at radius 2 is 2.12 bits per heavy atom. The van der Waals surface area contributed by atoms with Crippen LogP contribution in [0.15, 0.2) is 0 Å². The molecule has 1 rings (SSSR count). The summed E-state index contributed by atoms with van der Waals surface area (Å²) in [5.41, 5.74) is 0.728. The first-order chi connectivity index (χ1) is 3.71. The Morgan fingerprint density at radius 3 is 2.38 bits per heavy atom. The van der Waals surface area contributed by atoms with E-state index in [1.807, 2.05) is 0 Å². The average molecular weight is 225 g/mol. The second kappa shape index (κ2) is 2.54. The maximum atomic E-state index is 2.41. The van der Waals surface area contributed by atoms with Crippen molar-refractivity contribution in [3.8, 4) is 0 Å². The summed E-state index contributed by atoms with van der Waals surface area (Å²) in [6.45, 7) is 4.82. The van der Waals surface area contributed by atoms with Crippen molar-refractivity contribution in [2.24, 2.45) is 5.41 Å². The molecule has 0 aromatic carbocycles. The predicted molar refractivity (Wildman–Crippen MR) is 32.7 cm³/mol. The van der Waals surface area contributed by atoms with Gasteiger partial charge < -0.3 is 0 Å². The molecule has 50 valence electrons. The van der Waals surface area contributed by atoms with Gasteiger partial charge in [0.15, 0.2) is 0 Å². The minimum absolute atomic E-state index is 0.625. The average Bonchev–Trinajstić information content (AvgIpc) is 1.65. The fourth-order valence-electron chi connectivity index (χ4n) is 1.03. The first-order valence-corrected chi connectivity index (χ1v) is 6.29. The topological polar surface area (TPSA) is 0 Å². The van der Waals surface area contributed by atoms with E-state index in [-0.39, 0.29) is 0 Å². The summed E-state index contributed by atoms with van der Waals surface area (Å²) in [4.78, 5) is 0. The third-order valence-corrected chi connectivity index (χ3v) is 5.71. The van der Waals surface area contributed by atoms with Crippen molar-refractivity contribution in [2.45, 2.75) is 26.7 Å². The molecule has 0 unspecified atom stereocenters. The summed E-state index contributed by atoms with van der Waals surface area (Å²) in [7, 11) is 0. The molecule has 0 atom stereocenters. The van der Waals surface area contributed by atoms with E-state index in [1.54, 1.807) is 8.86 Å². The first kappa shape index (κ1) is 6.84. The van der Waals surface area contributed by atoms with Gasteiger partial charge >= 0.3 is 62.2 Å². The van der Waals surface area contributed by atoms with Crippen molar-refractivity contribution < 1.29 is 21.2 Å². The van der Waals surface area contributed by atoms with E-state index in [4.69, 9.17) is 0 Å². The Morgan fingerprint density at radius 1 is 1.38 bits per heavy atom. The van der Waals surface area contributed by atoms with Crippen molar-refractivity contribution in [3.63, 3.8) is 0 Å². The molecule has 0 bridgehead atoms. The van der Waals surface area contributed by atoms with Crippen molar-refractivity contribution in [3.05, 3.63) is 0 Å². The molecule has 0 aliphatic carbocycles. The quantitative estimate of drug-likeness (QED) is 0.362. The monoisotopic (exact) mass is 225 g/mol. The molecule has 1 aliphatic rings. The van der Waals surface area contributed by atoms with Gasteiger partial charge in [-0.25, -0.2) is 0 Å². The van der Waals surface area contributed by atoms with Gasteiger partial charge in [0.05, 0.1) is 0 Å². The van der Waals surface area contributed by atoms with Crippen LogP contribution in [0.25, 0.3) is 0 Å². The normalized spacial score (nSPS) is 28.8. The molecule has 1 fully saturated rings. The van der Waals surface area contributed by atoms with E-state index in [1.165, 1.54) is 12.8 Å². The molecule has 8 heavy (non-hydrogen) atoms. The molecule has 1 aliphatic heterocycles. The number of hydrogen-bond donors (Lipinski definition) is 0. The first-order valence-electron chi connectivity index (χ1n) is 3.24. The van der Waals surface area contributed by atoms with Crippen LogP contribution < -0.4 is 21.2 Å². The summed E-state index contributed by atoms with van der Waals surface area (Å²) in [6.07, 6.45) is 2.99. The van der Waals surface area contributed by atoms with E-state index in [0.29, 0.717) is 21.2 Å². The second-order valence-corrected chi connectivity index (χ2v) is 6.20. The molecular formula is C7H14I-. The predicted octanol–water partition coefficient (Wildman–Crippen LogP) is -1.10. The Balaban J connectivity index is 2.33. The fourth-order valence-corrected chi connectivity index (χ4v) is 4.17. The van der Waals surface area contributed by atoms with Crippen molar-refractivity contribution in [2.75, 3.05) is 8.86 Å². The van der Waals surface area contributed by atoms with Crippen molar-refractivity contribution in [1.29, 1.82) is 0 Å². The number of alkyl halides is 2. The van der Waals surface area contributed by atoms with Gasteiger partial charge in [0, 0.05) is 0 Å². The fraction of sp³-hybridized carbons (Fsp3) is 1.00. The van der Waals surface area contributed by atoms with Gasteiger partial charge in [0.1, 0.15) is 0 Å². The van der Waals surface area contributed by atoms with Crippen LogP contribution in [0.2, 0.25) is 0 Å². The van der Waals surface area contributed by atoms with E-state index in [0.717, 1.165) is 5.41 Å². The summed E-state index contributed by atoms with van der Waals surface area (Å²) >= 11 is 0.625. The summed E-state index contributed by atoms with van der Waals surface area (Å²) in [5.74, 6) is 0. The van der Waals surface area contributed by atoms with Gasteiger partial charge in [0.25, 0.3) is 0 Å². The molecule has 0 spiro atoms. The van der Waals surface area contributed by atoms with Crippen LogP contribution in [0.4, 0.5) is 0 Å².